The number of anilines is 1. The third-order valence-corrected chi connectivity index (χ3v) is 7.40. The normalized spacial score (nSPS) is 21.9. The Hall–Kier alpha value is -3.26. The standard InChI is InChI=1S/C34H46N2/c1-10-13-14-15-17-28-24-26(4)32(27(5)25-28)36-22-18-29(16-11-2)35-23-19-31-30(12-3)33(6,7)20-21-34(31,8)9/h10-19,22-25,30-31,35-36H,1-3,20-21H2,4-9H3/b14-13-,17-15+,22-18+,23-19+,29-16+. The summed E-state index contributed by atoms with van der Waals surface area (Å²) in [7, 11) is 0. The molecule has 0 spiro atoms. The Morgan fingerprint density at radius 3 is 2.08 bits per heavy atom. The van der Waals surface area contributed by atoms with Gasteiger partial charge in [-0.05, 0) is 96.5 Å². The van der Waals surface area contributed by atoms with E-state index in [1.54, 1.807) is 12.2 Å². The zero-order valence-electron chi connectivity index (χ0n) is 23.3. The lowest BCUT2D eigenvalue weighted by atomic mass is 9.54. The molecule has 0 aliphatic heterocycles. The van der Waals surface area contributed by atoms with E-state index in [2.05, 4.69) is 108 Å². The molecule has 1 saturated carbocycles. The minimum absolute atomic E-state index is 0.241. The van der Waals surface area contributed by atoms with E-state index in [0.717, 1.165) is 11.4 Å². The van der Waals surface area contributed by atoms with Crippen molar-refractivity contribution in [2.45, 2.75) is 54.4 Å². The highest BCUT2D eigenvalue weighted by Gasteiger charge is 2.45. The smallest absolute Gasteiger partial charge is 0.0439 e. The summed E-state index contributed by atoms with van der Waals surface area (Å²) in [4.78, 5) is 0. The van der Waals surface area contributed by atoms with Crippen LogP contribution in [0.4, 0.5) is 5.69 Å². The van der Waals surface area contributed by atoms with Crippen molar-refractivity contribution in [3.8, 4) is 0 Å². The summed E-state index contributed by atoms with van der Waals surface area (Å²) in [5.41, 5.74) is 6.18. The molecule has 192 valence electrons. The van der Waals surface area contributed by atoms with Gasteiger partial charge in [0, 0.05) is 17.6 Å². The first-order valence-electron chi connectivity index (χ1n) is 12.9. The molecular weight excluding hydrogens is 436 g/mol. The number of nitrogens with one attached hydrogen (secondary N) is 2. The summed E-state index contributed by atoms with van der Waals surface area (Å²) in [6.45, 7) is 25.5. The Balaban J connectivity index is 2.11. The monoisotopic (exact) mass is 482 g/mol. The van der Waals surface area contributed by atoms with E-state index in [1.165, 1.54) is 29.5 Å². The van der Waals surface area contributed by atoms with Crippen molar-refractivity contribution in [3.63, 3.8) is 0 Å². The summed E-state index contributed by atoms with van der Waals surface area (Å²) in [5.74, 6) is 0.883. The quantitative estimate of drug-likeness (QED) is 0.242. The van der Waals surface area contributed by atoms with Crippen LogP contribution in [0.5, 0.6) is 0 Å². The Kier molecular flexibility index (Phi) is 10.6. The first kappa shape index (κ1) is 29.0. The van der Waals surface area contributed by atoms with Gasteiger partial charge in [0.15, 0.2) is 0 Å². The van der Waals surface area contributed by atoms with Gasteiger partial charge < -0.3 is 10.6 Å². The second kappa shape index (κ2) is 13.2. The maximum Gasteiger partial charge on any atom is 0.0439 e. The number of hydrogen-bond acceptors (Lipinski definition) is 2. The molecule has 0 saturated heterocycles. The van der Waals surface area contributed by atoms with Crippen LogP contribution in [0, 0.1) is 36.5 Å². The van der Waals surface area contributed by atoms with E-state index in [-0.39, 0.29) is 10.8 Å². The Morgan fingerprint density at radius 1 is 0.861 bits per heavy atom. The molecule has 2 nitrogen and oxygen atoms in total. The lowest BCUT2D eigenvalue weighted by Gasteiger charge is -2.50. The average Bonchev–Trinajstić information content (AvgIpc) is 2.81. The molecule has 1 aliphatic carbocycles. The highest BCUT2D eigenvalue weighted by molar-refractivity contribution is 5.65. The maximum absolute atomic E-state index is 4.17. The number of hydrogen-bond donors (Lipinski definition) is 2. The Morgan fingerprint density at radius 2 is 1.50 bits per heavy atom. The molecule has 1 aromatic carbocycles. The number of benzene rings is 1. The van der Waals surface area contributed by atoms with Crippen LogP contribution >= 0.6 is 0 Å². The predicted molar refractivity (Wildman–Crippen MR) is 162 cm³/mol. The molecule has 1 fully saturated rings. The molecular formula is C34H46N2. The summed E-state index contributed by atoms with van der Waals surface area (Å²) in [6.07, 6.45) is 26.6. The summed E-state index contributed by atoms with van der Waals surface area (Å²) in [5, 5.41) is 6.93. The number of rotatable bonds is 11. The third kappa shape index (κ3) is 7.88. The minimum Gasteiger partial charge on any atom is -0.362 e. The van der Waals surface area contributed by atoms with Crippen LogP contribution in [-0.2, 0) is 0 Å². The molecule has 0 aromatic heterocycles. The van der Waals surface area contributed by atoms with E-state index in [1.807, 2.05) is 36.6 Å². The van der Waals surface area contributed by atoms with Gasteiger partial charge in [-0.25, -0.2) is 0 Å². The van der Waals surface area contributed by atoms with Crippen molar-refractivity contribution in [3.05, 3.63) is 121 Å². The van der Waals surface area contributed by atoms with Gasteiger partial charge in [0.05, 0.1) is 0 Å². The first-order chi connectivity index (χ1) is 17.1. The molecule has 0 radical (unpaired) electrons. The van der Waals surface area contributed by atoms with Crippen LogP contribution in [0.2, 0.25) is 0 Å². The van der Waals surface area contributed by atoms with E-state index >= 15 is 0 Å². The lowest BCUT2D eigenvalue weighted by Crippen LogP contribution is -2.42. The Bertz CT molecular complexity index is 1050. The van der Waals surface area contributed by atoms with Crippen LogP contribution in [0.3, 0.4) is 0 Å². The van der Waals surface area contributed by atoms with Crippen molar-refractivity contribution >= 4 is 11.8 Å². The first-order valence-corrected chi connectivity index (χ1v) is 12.9. The zero-order valence-corrected chi connectivity index (χ0v) is 23.3. The second-order valence-corrected chi connectivity index (χ2v) is 11.1. The highest BCUT2D eigenvalue weighted by atomic mass is 14.9. The minimum atomic E-state index is 0.241. The van der Waals surface area contributed by atoms with Gasteiger partial charge in [-0.2, -0.15) is 0 Å². The summed E-state index contributed by atoms with van der Waals surface area (Å²) >= 11 is 0. The van der Waals surface area contributed by atoms with Gasteiger partial charge in [-0.15, -0.1) is 6.58 Å². The molecule has 0 heterocycles. The van der Waals surface area contributed by atoms with Gasteiger partial charge in [0.25, 0.3) is 0 Å². The zero-order chi connectivity index (χ0) is 26.8. The van der Waals surface area contributed by atoms with Gasteiger partial charge >= 0.3 is 0 Å². The molecule has 36 heavy (non-hydrogen) atoms. The van der Waals surface area contributed by atoms with Crippen LogP contribution in [-0.4, -0.2) is 0 Å². The molecule has 2 unspecified atom stereocenters. The van der Waals surface area contributed by atoms with Crippen molar-refractivity contribution in [1.82, 2.24) is 5.32 Å². The number of aryl methyl sites for hydroxylation is 2. The lowest BCUT2D eigenvalue weighted by molar-refractivity contribution is 0.0345. The third-order valence-electron chi connectivity index (χ3n) is 7.40. The van der Waals surface area contributed by atoms with E-state index in [9.17, 15) is 0 Å². The average molecular weight is 483 g/mol. The molecule has 1 aromatic rings. The van der Waals surface area contributed by atoms with Crippen LogP contribution in [0.25, 0.3) is 6.08 Å². The molecule has 1 aliphatic rings. The van der Waals surface area contributed by atoms with Gasteiger partial charge in [-0.1, -0.05) is 89.5 Å². The van der Waals surface area contributed by atoms with E-state index in [4.69, 9.17) is 0 Å². The summed E-state index contributed by atoms with van der Waals surface area (Å²) < 4.78 is 0. The molecule has 2 atom stereocenters. The Labute approximate surface area is 220 Å². The molecule has 2 rings (SSSR count). The molecule has 0 bridgehead atoms. The van der Waals surface area contributed by atoms with Crippen molar-refractivity contribution < 1.29 is 0 Å². The van der Waals surface area contributed by atoms with E-state index < -0.39 is 0 Å². The maximum atomic E-state index is 4.17. The summed E-state index contributed by atoms with van der Waals surface area (Å²) in [6, 6.07) is 4.37. The van der Waals surface area contributed by atoms with Gasteiger partial charge in [0.2, 0.25) is 0 Å². The van der Waals surface area contributed by atoms with Crippen LogP contribution in [0.15, 0.2) is 105 Å². The molecule has 2 N–H and O–H groups in total. The highest BCUT2D eigenvalue weighted by Crippen LogP contribution is 2.53. The fraction of sp³-hybridized carbons (Fsp3) is 0.353. The topological polar surface area (TPSA) is 24.1 Å². The number of allylic oxidation sites excluding steroid dienone is 9. The van der Waals surface area contributed by atoms with Crippen LogP contribution in [0.1, 0.15) is 57.2 Å². The fourth-order valence-electron chi connectivity index (χ4n) is 5.17. The molecule has 2 heteroatoms. The van der Waals surface area contributed by atoms with Crippen molar-refractivity contribution in [1.29, 1.82) is 0 Å². The van der Waals surface area contributed by atoms with E-state index in [0.29, 0.717) is 11.8 Å². The molecule has 0 amide bonds. The predicted octanol–water partition coefficient (Wildman–Crippen LogP) is 9.42. The largest absolute Gasteiger partial charge is 0.362 e. The van der Waals surface area contributed by atoms with Gasteiger partial charge in [0.1, 0.15) is 0 Å². The van der Waals surface area contributed by atoms with Gasteiger partial charge in [-0.3, -0.25) is 0 Å². The SMILES string of the molecule is C=C/C=C\C=C\c1cc(C)c(N/C=C/C(=C\C=C)N/C=C/C2C(C=C)C(C)(C)CCC2(C)C)c(C)c1. The van der Waals surface area contributed by atoms with Crippen LogP contribution < -0.4 is 10.6 Å². The second-order valence-electron chi connectivity index (χ2n) is 11.1. The van der Waals surface area contributed by atoms with Crippen molar-refractivity contribution in [2.75, 3.05) is 5.32 Å². The van der Waals surface area contributed by atoms with Crippen molar-refractivity contribution in [2.24, 2.45) is 22.7 Å². The fourth-order valence-corrected chi connectivity index (χ4v) is 5.17.